The normalized spacial score (nSPS) is 11.2. The van der Waals surface area contributed by atoms with Gasteiger partial charge in [-0.1, -0.05) is 19.4 Å². The summed E-state index contributed by atoms with van der Waals surface area (Å²) in [6, 6.07) is 0. The Balaban J connectivity index is 0. The second-order valence-electron chi connectivity index (χ2n) is 7.62. The van der Waals surface area contributed by atoms with Crippen LogP contribution in [0.5, 0.6) is 0 Å². The smallest absolute Gasteiger partial charge is 0.442 e. The van der Waals surface area contributed by atoms with E-state index in [0.717, 1.165) is 6.42 Å². The Kier molecular flexibility index (Phi) is 12.7. The van der Waals surface area contributed by atoms with Crippen LogP contribution in [0, 0.1) is 0 Å². The van der Waals surface area contributed by atoms with Gasteiger partial charge in [-0.2, -0.15) is 0 Å². The standard InChI is InChI=1S/C17H33N3O6.CH4/c1-8-9-19-13(21)12-18-10-11-24-20(14(22)25-16(2,3)4)15(23)26-17(5,6)7;/h18H,8-12H2,1-7H3,(H,19,21);1H4. The number of amides is 3. The number of carbonyl (C=O) groups is 3. The fraction of sp³-hybridized carbons (Fsp3) is 0.833. The van der Waals surface area contributed by atoms with Crippen LogP contribution in [0.15, 0.2) is 0 Å². The minimum atomic E-state index is -0.965. The number of imide groups is 1. The Hall–Kier alpha value is -1.87. The lowest BCUT2D eigenvalue weighted by Gasteiger charge is -2.27. The van der Waals surface area contributed by atoms with E-state index >= 15 is 0 Å². The summed E-state index contributed by atoms with van der Waals surface area (Å²) in [5, 5.41) is 6.03. The lowest BCUT2D eigenvalue weighted by molar-refractivity contribution is -0.137. The zero-order valence-corrected chi connectivity index (χ0v) is 16.9. The Bertz CT molecular complexity index is 441. The molecule has 0 aromatic heterocycles. The van der Waals surface area contributed by atoms with Crippen molar-refractivity contribution in [2.45, 2.75) is 73.5 Å². The van der Waals surface area contributed by atoms with Gasteiger partial charge in [-0.05, 0) is 48.0 Å². The first-order valence-electron chi connectivity index (χ1n) is 8.72. The Morgan fingerprint density at radius 2 is 1.37 bits per heavy atom. The molecule has 0 saturated carbocycles. The highest BCUT2D eigenvalue weighted by atomic mass is 16.8. The number of nitrogens with one attached hydrogen (secondary N) is 2. The molecule has 3 amide bonds. The summed E-state index contributed by atoms with van der Waals surface area (Å²) < 4.78 is 10.3. The van der Waals surface area contributed by atoms with E-state index in [4.69, 9.17) is 14.3 Å². The number of rotatable bonds is 8. The largest absolute Gasteiger partial charge is 0.444 e. The number of carbonyl (C=O) groups excluding carboxylic acids is 3. The summed E-state index contributed by atoms with van der Waals surface area (Å²) in [4.78, 5) is 41.0. The van der Waals surface area contributed by atoms with E-state index in [2.05, 4.69) is 10.6 Å². The first-order valence-corrected chi connectivity index (χ1v) is 8.72. The molecule has 0 rings (SSSR count). The summed E-state index contributed by atoms with van der Waals surface area (Å²) in [7, 11) is 0. The zero-order chi connectivity index (χ0) is 20.4. The van der Waals surface area contributed by atoms with Crippen LogP contribution < -0.4 is 10.6 Å². The highest BCUT2D eigenvalue weighted by Crippen LogP contribution is 2.14. The fourth-order valence-electron chi connectivity index (χ4n) is 1.52. The maximum absolute atomic E-state index is 12.2. The molecule has 0 spiro atoms. The predicted octanol–water partition coefficient (Wildman–Crippen LogP) is 2.84. The molecule has 0 fully saturated rings. The molecule has 0 aliphatic rings. The van der Waals surface area contributed by atoms with Crippen molar-refractivity contribution in [2.24, 2.45) is 0 Å². The molecule has 0 saturated heterocycles. The second kappa shape index (κ2) is 12.5. The molecular weight excluding hydrogens is 354 g/mol. The number of hydroxylamine groups is 2. The molecule has 0 aromatic carbocycles. The molecule has 0 radical (unpaired) electrons. The number of hydrogen-bond donors (Lipinski definition) is 2. The van der Waals surface area contributed by atoms with Crippen molar-refractivity contribution in [3.05, 3.63) is 0 Å². The first kappa shape index (κ1) is 27.3. The summed E-state index contributed by atoms with van der Waals surface area (Å²) in [5.74, 6) is -0.136. The number of hydrogen-bond acceptors (Lipinski definition) is 7. The molecule has 0 aliphatic carbocycles. The van der Waals surface area contributed by atoms with Crippen molar-refractivity contribution in [1.82, 2.24) is 15.7 Å². The fourth-order valence-corrected chi connectivity index (χ4v) is 1.52. The van der Waals surface area contributed by atoms with Gasteiger partial charge in [0.05, 0.1) is 13.2 Å². The molecule has 0 aromatic rings. The minimum absolute atomic E-state index is 0. The zero-order valence-electron chi connectivity index (χ0n) is 16.9. The number of nitrogens with zero attached hydrogens (tertiary/aromatic N) is 1. The molecule has 27 heavy (non-hydrogen) atoms. The highest BCUT2D eigenvalue weighted by molar-refractivity contribution is 5.86. The van der Waals surface area contributed by atoms with Gasteiger partial charge in [0.1, 0.15) is 11.2 Å². The third kappa shape index (κ3) is 14.9. The molecule has 9 heteroatoms. The third-order valence-corrected chi connectivity index (χ3v) is 2.48. The van der Waals surface area contributed by atoms with Gasteiger partial charge in [0.25, 0.3) is 0 Å². The van der Waals surface area contributed by atoms with Crippen molar-refractivity contribution < 1.29 is 28.7 Å². The van der Waals surface area contributed by atoms with E-state index in [1.807, 2.05) is 6.92 Å². The highest BCUT2D eigenvalue weighted by Gasteiger charge is 2.32. The molecule has 0 heterocycles. The lowest BCUT2D eigenvalue weighted by atomic mass is 10.2. The van der Waals surface area contributed by atoms with E-state index in [1.165, 1.54) is 0 Å². The van der Waals surface area contributed by atoms with E-state index in [-0.39, 0.29) is 33.0 Å². The van der Waals surface area contributed by atoms with Crippen LogP contribution in [0.2, 0.25) is 0 Å². The van der Waals surface area contributed by atoms with Gasteiger partial charge in [0.15, 0.2) is 0 Å². The summed E-state index contributed by atoms with van der Waals surface area (Å²) in [5.41, 5.74) is -1.59. The SMILES string of the molecule is C.CCCNC(=O)CNCCON(C(=O)OC(C)(C)C)C(=O)OC(C)(C)C. The van der Waals surface area contributed by atoms with Crippen LogP contribution in [-0.4, -0.2) is 60.6 Å². The molecule has 0 aliphatic heterocycles. The van der Waals surface area contributed by atoms with Gasteiger partial charge in [0.2, 0.25) is 5.91 Å². The topological polar surface area (TPSA) is 106 Å². The van der Waals surface area contributed by atoms with Gasteiger partial charge >= 0.3 is 12.2 Å². The summed E-state index contributed by atoms with van der Waals surface area (Å²) in [6.45, 7) is 13.0. The van der Waals surface area contributed by atoms with Gasteiger partial charge in [0, 0.05) is 13.1 Å². The van der Waals surface area contributed by atoms with Gasteiger partial charge in [-0.15, -0.1) is 0 Å². The second-order valence-corrected chi connectivity index (χ2v) is 7.62. The van der Waals surface area contributed by atoms with Gasteiger partial charge < -0.3 is 20.1 Å². The van der Waals surface area contributed by atoms with Crippen LogP contribution in [0.3, 0.4) is 0 Å². The average Bonchev–Trinajstić information content (AvgIpc) is 2.44. The Labute approximate surface area is 163 Å². The molecule has 9 nitrogen and oxygen atoms in total. The van der Waals surface area contributed by atoms with Crippen LogP contribution in [0.4, 0.5) is 9.59 Å². The van der Waals surface area contributed by atoms with Gasteiger partial charge in [-0.25, -0.2) is 9.59 Å². The maximum Gasteiger partial charge on any atom is 0.444 e. The van der Waals surface area contributed by atoms with Crippen molar-refractivity contribution in [3.8, 4) is 0 Å². The molecule has 0 unspecified atom stereocenters. The van der Waals surface area contributed by atoms with E-state index in [9.17, 15) is 14.4 Å². The quantitative estimate of drug-likeness (QED) is 0.484. The summed E-state index contributed by atoms with van der Waals surface area (Å²) in [6.07, 6.45) is -1.07. The third-order valence-electron chi connectivity index (χ3n) is 2.48. The van der Waals surface area contributed by atoms with Crippen LogP contribution in [0.25, 0.3) is 0 Å². The van der Waals surface area contributed by atoms with Crippen LogP contribution in [-0.2, 0) is 19.1 Å². The van der Waals surface area contributed by atoms with Crippen molar-refractivity contribution in [2.75, 3.05) is 26.2 Å². The van der Waals surface area contributed by atoms with E-state index in [1.54, 1.807) is 41.5 Å². The van der Waals surface area contributed by atoms with Crippen LogP contribution in [0.1, 0.15) is 62.3 Å². The van der Waals surface area contributed by atoms with E-state index in [0.29, 0.717) is 11.6 Å². The van der Waals surface area contributed by atoms with Gasteiger partial charge in [-0.3, -0.25) is 9.63 Å². The molecular formula is C18H37N3O6. The van der Waals surface area contributed by atoms with Crippen LogP contribution >= 0.6 is 0 Å². The Morgan fingerprint density at radius 3 is 1.78 bits per heavy atom. The lowest BCUT2D eigenvalue weighted by Crippen LogP contribution is -2.44. The minimum Gasteiger partial charge on any atom is -0.442 e. The van der Waals surface area contributed by atoms with Crippen molar-refractivity contribution in [3.63, 3.8) is 0 Å². The number of ether oxygens (including phenoxy) is 2. The van der Waals surface area contributed by atoms with Crippen molar-refractivity contribution in [1.29, 1.82) is 0 Å². The molecule has 160 valence electrons. The molecule has 0 atom stereocenters. The monoisotopic (exact) mass is 391 g/mol. The Morgan fingerprint density at radius 1 is 0.889 bits per heavy atom. The molecule has 2 N–H and O–H groups in total. The molecule has 0 bridgehead atoms. The summed E-state index contributed by atoms with van der Waals surface area (Å²) >= 11 is 0. The van der Waals surface area contributed by atoms with E-state index < -0.39 is 23.4 Å². The van der Waals surface area contributed by atoms with Crippen molar-refractivity contribution >= 4 is 18.1 Å². The average molecular weight is 392 g/mol. The maximum atomic E-state index is 12.2. The predicted molar refractivity (Wildman–Crippen MR) is 103 cm³/mol. The first-order chi connectivity index (χ1) is 11.9.